The topological polar surface area (TPSA) is 168 Å². The predicted molar refractivity (Wildman–Crippen MR) is 125 cm³/mol. The van der Waals surface area contributed by atoms with Crippen LogP contribution in [0.15, 0.2) is 12.1 Å². The van der Waals surface area contributed by atoms with Crippen molar-refractivity contribution in [1.29, 1.82) is 0 Å². The van der Waals surface area contributed by atoms with Crippen LogP contribution in [0.5, 0.6) is 11.5 Å². The maximum absolute atomic E-state index is 11.9. The molecule has 0 radical (unpaired) electrons. The fourth-order valence-corrected chi connectivity index (χ4v) is 2.81. The third-order valence-electron chi connectivity index (χ3n) is 4.52. The van der Waals surface area contributed by atoms with Gasteiger partial charge in [-0.15, -0.1) is 0 Å². The van der Waals surface area contributed by atoms with Crippen molar-refractivity contribution in [3.63, 3.8) is 0 Å². The molecular weight excluding hydrogens is 466 g/mol. The fraction of sp³-hybridized carbons (Fsp3) is 0.636. The molecule has 1 rings (SSSR count). The van der Waals surface area contributed by atoms with Gasteiger partial charge in [-0.05, 0) is 26.3 Å². The highest BCUT2D eigenvalue weighted by Crippen LogP contribution is 2.37. The molecule has 1 aromatic carbocycles. The van der Waals surface area contributed by atoms with Crippen molar-refractivity contribution in [3.8, 4) is 11.5 Å². The Hall–Kier alpha value is -3.16. The van der Waals surface area contributed by atoms with Gasteiger partial charge in [-0.2, -0.15) is 0 Å². The van der Waals surface area contributed by atoms with Gasteiger partial charge in [0.25, 0.3) is 5.69 Å². The maximum atomic E-state index is 11.9. The highest BCUT2D eigenvalue weighted by Gasteiger charge is 2.22. The lowest BCUT2D eigenvalue weighted by Gasteiger charge is -2.14. The Labute approximate surface area is 204 Å². The number of aliphatic hydroxyl groups excluding tert-OH is 1. The fourth-order valence-electron chi connectivity index (χ4n) is 2.81. The molecule has 3 N–H and O–H groups in total. The molecule has 1 unspecified atom stereocenters. The van der Waals surface area contributed by atoms with Crippen LogP contribution < -0.4 is 20.1 Å². The van der Waals surface area contributed by atoms with Gasteiger partial charge in [0.1, 0.15) is 6.61 Å². The summed E-state index contributed by atoms with van der Waals surface area (Å²) in [4.78, 5) is 34.1. The summed E-state index contributed by atoms with van der Waals surface area (Å²) in [6, 6.07) is 2.55. The van der Waals surface area contributed by atoms with Gasteiger partial charge in [-0.1, -0.05) is 0 Å². The van der Waals surface area contributed by atoms with E-state index < -0.39 is 17.1 Å². The molecule has 0 saturated heterocycles. The molecule has 198 valence electrons. The number of alkyl carbamates (subject to hydrolysis) is 1. The minimum atomic E-state index is -1.05. The molecule has 0 aliphatic heterocycles. The Morgan fingerprint density at radius 2 is 1.74 bits per heavy atom. The van der Waals surface area contributed by atoms with Crippen molar-refractivity contribution < 1.29 is 43.3 Å². The van der Waals surface area contributed by atoms with Crippen LogP contribution in [0.25, 0.3) is 0 Å². The van der Waals surface area contributed by atoms with E-state index in [-0.39, 0.29) is 68.0 Å². The van der Waals surface area contributed by atoms with Gasteiger partial charge in [-0.25, -0.2) is 4.79 Å². The van der Waals surface area contributed by atoms with Crippen LogP contribution >= 0.6 is 0 Å². The van der Waals surface area contributed by atoms with Crippen LogP contribution in [0.4, 0.5) is 10.5 Å². The first-order valence-corrected chi connectivity index (χ1v) is 11.3. The van der Waals surface area contributed by atoms with E-state index in [1.165, 1.54) is 26.2 Å². The van der Waals surface area contributed by atoms with Gasteiger partial charge in [0.2, 0.25) is 5.91 Å². The SMILES string of the molecule is CCOCCOCCOC(=O)NCCNC(=O)CCCOc1cc([N+](=O)[O-])c(C(C)O)cc1OC. The van der Waals surface area contributed by atoms with Crippen LogP contribution in [0.3, 0.4) is 0 Å². The quantitative estimate of drug-likeness (QED) is 0.153. The number of nitro benzene ring substituents is 1. The number of nitro groups is 1. The van der Waals surface area contributed by atoms with Gasteiger partial charge in [0, 0.05) is 26.1 Å². The normalized spacial score (nSPS) is 11.4. The van der Waals surface area contributed by atoms with Crippen LogP contribution in [0.1, 0.15) is 38.4 Å². The molecular formula is C22H35N3O10. The zero-order valence-electron chi connectivity index (χ0n) is 20.4. The van der Waals surface area contributed by atoms with Crippen molar-refractivity contribution in [2.24, 2.45) is 0 Å². The number of hydrogen-bond donors (Lipinski definition) is 3. The Morgan fingerprint density at radius 1 is 1.06 bits per heavy atom. The number of hydrogen-bond acceptors (Lipinski definition) is 10. The molecule has 13 heteroatoms. The molecule has 0 heterocycles. The van der Waals surface area contributed by atoms with Crippen LogP contribution in [0.2, 0.25) is 0 Å². The number of carbonyl (C=O) groups is 2. The van der Waals surface area contributed by atoms with Crippen molar-refractivity contribution in [2.45, 2.75) is 32.8 Å². The first-order chi connectivity index (χ1) is 16.8. The average Bonchev–Trinajstić information content (AvgIpc) is 2.83. The first-order valence-electron chi connectivity index (χ1n) is 11.3. The second kappa shape index (κ2) is 17.3. The number of ether oxygens (including phenoxy) is 5. The van der Waals surface area contributed by atoms with Crippen molar-refractivity contribution >= 4 is 17.7 Å². The zero-order valence-corrected chi connectivity index (χ0v) is 20.4. The number of nitrogens with one attached hydrogen (secondary N) is 2. The molecule has 13 nitrogen and oxygen atoms in total. The number of nitrogens with zero attached hydrogens (tertiary/aromatic N) is 1. The summed E-state index contributed by atoms with van der Waals surface area (Å²) < 4.78 is 26.0. The number of aliphatic hydroxyl groups is 1. The lowest BCUT2D eigenvalue weighted by molar-refractivity contribution is -0.386. The smallest absolute Gasteiger partial charge is 0.407 e. The summed E-state index contributed by atoms with van der Waals surface area (Å²) in [5, 5.41) is 26.2. The molecule has 0 fully saturated rings. The highest BCUT2D eigenvalue weighted by molar-refractivity contribution is 5.75. The summed E-state index contributed by atoms with van der Waals surface area (Å²) >= 11 is 0. The first kappa shape index (κ1) is 29.9. The summed E-state index contributed by atoms with van der Waals surface area (Å²) in [6.07, 6.45) is -1.16. The second-order valence-electron chi connectivity index (χ2n) is 7.17. The molecule has 0 aliphatic rings. The molecule has 0 aromatic heterocycles. The summed E-state index contributed by atoms with van der Waals surface area (Å²) in [6.45, 7) is 5.76. The third-order valence-corrected chi connectivity index (χ3v) is 4.52. The van der Waals surface area contributed by atoms with Crippen molar-refractivity contribution in [2.75, 3.05) is 59.8 Å². The molecule has 0 saturated carbocycles. The lowest BCUT2D eigenvalue weighted by Crippen LogP contribution is -2.35. The van der Waals surface area contributed by atoms with Crippen LogP contribution in [-0.4, -0.2) is 81.9 Å². The van der Waals surface area contributed by atoms with E-state index >= 15 is 0 Å². The summed E-state index contributed by atoms with van der Waals surface area (Å²) in [5.41, 5.74) is -0.171. The molecule has 0 aliphatic carbocycles. The van der Waals surface area contributed by atoms with E-state index in [0.717, 1.165) is 0 Å². The number of amides is 2. The van der Waals surface area contributed by atoms with E-state index in [4.69, 9.17) is 23.7 Å². The monoisotopic (exact) mass is 501 g/mol. The number of rotatable bonds is 18. The van der Waals surface area contributed by atoms with E-state index in [1.54, 1.807) is 0 Å². The molecule has 1 atom stereocenters. The van der Waals surface area contributed by atoms with Crippen molar-refractivity contribution in [3.05, 3.63) is 27.8 Å². The van der Waals surface area contributed by atoms with Gasteiger partial charge in [0.15, 0.2) is 11.5 Å². The Bertz CT molecular complexity index is 804. The zero-order chi connectivity index (χ0) is 26.1. The molecule has 1 aromatic rings. The molecule has 0 spiro atoms. The van der Waals surface area contributed by atoms with Gasteiger partial charge < -0.3 is 39.4 Å². The summed E-state index contributed by atoms with van der Waals surface area (Å²) in [5.74, 6) is 0.145. The third kappa shape index (κ3) is 12.2. The number of benzene rings is 1. The number of carbonyl (C=O) groups excluding carboxylic acids is 2. The molecule has 2 amide bonds. The van der Waals surface area contributed by atoms with Gasteiger partial charge in [-0.3, -0.25) is 14.9 Å². The molecule has 35 heavy (non-hydrogen) atoms. The van der Waals surface area contributed by atoms with E-state index in [0.29, 0.717) is 26.2 Å². The lowest BCUT2D eigenvalue weighted by atomic mass is 10.1. The van der Waals surface area contributed by atoms with E-state index in [2.05, 4.69) is 10.6 Å². The van der Waals surface area contributed by atoms with Gasteiger partial charge >= 0.3 is 6.09 Å². The predicted octanol–water partition coefficient (Wildman–Crippen LogP) is 1.71. The Balaban J connectivity index is 2.24. The minimum Gasteiger partial charge on any atom is -0.493 e. The van der Waals surface area contributed by atoms with Crippen LogP contribution in [0, 0.1) is 10.1 Å². The highest BCUT2D eigenvalue weighted by atomic mass is 16.6. The van der Waals surface area contributed by atoms with E-state index in [9.17, 15) is 24.8 Å². The largest absolute Gasteiger partial charge is 0.493 e. The van der Waals surface area contributed by atoms with E-state index in [1.807, 2.05) is 6.92 Å². The Morgan fingerprint density at radius 3 is 2.40 bits per heavy atom. The minimum absolute atomic E-state index is 0.111. The number of methoxy groups -OCH3 is 1. The van der Waals surface area contributed by atoms with Crippen molar-refractivity contribution in [1.82, 2.24) is 10.6 Å². The van der Waals surface area contributed by atoms with Gasteiger partial charge in [0.05, 0.1) is 56.2 Å². The van der Waals surface area contributed by atoms with Crippen LogP contribution in [-0.2, 0) is 19.0 Å². The summed E-state index contributed by atoms with van der Waals surface area (Å²) in [7, 11) is 1.38. The standard InChI is InChI=1S/C22H35N3O10/c1-4-32-10-11-33-12-13-35-22(28)24-8-7-23-21(27)6-5-9-34-20-15-18(25(29)30)17(16(2)26)14-19(20)31-3/h14-16,26H,4-13H2,1-3H3,(H,23,27)(H,24,28). The maximum Gasteiger partial charge on any atom is 0.407 e. The Kier molecular flexibility index (Phi) is 14.8. The second-order valence-corrected chi connectivity index (χ2v) is 7.17. The molecule has 0 bridgehead atoms. The average molecular weight is 502 g/mol.